The molecule has 1 heterocycles. The van der Waals surface area contributed by atoms with Crippen LogP contribution in [0.1, 0.15) is 27.7 Å². The summed E-state index contributed by atoms with van der Waals surface area (Å²) in [6.07, 6.45) is 0.936. The predicted octanol–water partition coefficient (Wildman–Crippen LogP) is 2.92. The molecule has 5 nitrogen and oxygen atoms in total. The van der Waals surface area contributed by atoms with Crippen molar-refractivity contribution in [3.05, 3.63) is 51.7 Å². The van der Waals surface area contributed by atoms with Crippen molar-refractivity contribution in [1.29, 1.82) is 0 Å². The average molecular weight is 353 g/mol. The maximum Gasteiger partial charge on any atom is 0.349 e. The molecule has 124 valence electrons. The zero-order chi connectivity index (χ0) is 17.0. The van der Waals surface area contributed by atoms with E-state index in [-0.39, 0.29) is 16.3 Å². The van der Waals surface area contributed by atoms with E-state index in [1.54, 1.807) is 5.38 Å². The molecule has 0 saturated heterocycles. The normalized spacial score (nSPS) is 11.7. The number of benzene rings is 1. The van der Waals surface area contributed by atoms with Crippen molar-refractivity contribution in [3.8, 4) is 0 Å². The van der Waals surface area contributed by atoms with Crippen molar-refractivity contribution in [2.45, 2.75) is 24.8 Å². The van der Waals surface area contributed by atoms with Crippen LogP contribution in [-0.2, 0) is 27.7 Å². The Bertz CT molecular complexity index is 779. The van der Waals surface area contributed by atoms with Crippen molar-refractivity contribution >= 4 is 27.3 Å². The lowest BCUT2D eigenvalue weighted by Gasteiger charge is -2.17. The van der Waals surface area contributed by atoms with Crippen LogP contribution < -0.4 is 0 Å². The number of hydrogen-bond donors (Lipinski definition) is 0. The fraction of sp³-hybridized carbons (Fsp3) is 0.312. The highest BCUT2D eigenvalue weighted by atomic mass is 32.2. The first-order valence-electron chi connectivity index (χ1n) is 7.10. The second-order valence-electron chi connectivity index (χ2n) is 5.04. The number of rotatable bonds is 6. The van der Waals surface area contributed by atoms with Crippen LogP contribution in [0, 0.1) is 0 Å². The van der Waals surface area contributed by atoms with Gasteiger partial charge in [0.15, 0.2) is 0 Å². The highest BCUT2D eigenvalue weighted by molar-refractivity contribution is 7.89. The van der Waals surface area contributed by atoms with E-state index in [9.17, 15) is 13.2 Å². The van der Waals surface area contributed by atoms with E-state index in [2.05, 4.69) is 11.7 Å². The highest BCUT2D eigenvalue weighted by Gasteiger charge is 2.28. The number of aryl methyl sites for hydroxylation is 1. The van der Waals surface area contributed by atoms with E-state index in [4.69, 9.17) is 0 Å². The Labute approximate surface area is 140 Å². The van der Waals surface area contributed by atoms with Gasteiger partial charge >= 0.3 is 5.97 Å². The molecule has 0 aliphatic rings. The number of methoxy groups -OCH3 is 1. The molecule has 23 heavy (non-hydrogen) atoms. The third-order valence-corrected chi connectivity index (χ3v) is 6.39. The van der Waals surface area contributed by atoms with Crippen LogP contribution >= 0.6 is 11.3 Å². The smallest absolute Gasteiger partial charge is 0.349 e. The minimum Gasteiger partial charge on any atom is -0.465 e. The molecule has 0 fully saturated rings. The Morgan fingerprint density at radius 2 is 1.78 bits per heavy atom. The number of hydrogen-bond acceptors (Lipinski definition) is 5. The molecule has 0 atom stereocenters. The zero-order valence-electron chi connectivity index (χ0n) is 13.3. The van der Waals surface area contributed by atoms with Crippen molar-refractivity contribution in [2.24, 2.45) is 0 Å². The summed E-state index contributed by atoms with van der Waals surface area (Å²) in [6.45, 7) is 2.30. The number of carbonyl (C=O) groups excluding carboxylic acids is 1. The van der Waals surface area contributed by atoms with E-state index in [0.29, 0.717) is 0 Å². The van der Waals surface area contributed by atoms with E-state index in [0.717, 1.165) is 23.3 Å². The van der Waals surface area contributed by atoms with Crippen molar-refractivity contribution in [1.82, 2.24) is 4.31 Å². The molecule has 0 unspecified atom stereocenters. The van der Waals surface area contributed by atoms with Crippen LogP contribution in [-0.4, -0.2) is 32.8 Å². The summed E-state index contributed by atoms with van der Waals surface area (Å²) in [4.78, 5) is 11.8. The van der Waals surface area contributed by atoms with Crippen LogP contribution in [0.3, 0.4) is 0 Å². The molecule has 1 aromatic carbocycles. The lowest BCUT2D eigenvalue weighted by Crippen LogP contribution is -2.27. The number of carbonyl (C=O) groups is 1. The highest BCUT2D eigenvalue weighted by Crippen LogP contribution is 2.26. The van der Waals surface area contributed by atoms with E-state index >= 15 is 0 Å². The van der Waals surface area contributed by atoms with Gasteiger partial charge in [0.2, 0.25) is 10.0 Å². The molecule has 0 radical (unpaired) electrons. The molecule has 2 aromatic rings. The van der Waals surface area contributed by atoms with Crippen LogP contribution in [0.25, 0.3) is 0 Å². The summed E-state index contributed by atoms with van der Waals surface area (Å²) in [5.41, 5.74) is 2.09. The molecule has 0 bridgehead atoms. The number of esters is 1. The van der Waals surface area contributed by atoms with Gasteiger partial charge in [-0.15, -0.1) is 11.3 Å². The van der Waals surface area contributed by atoms with Gasteiger partial charge in [0.05, 0.1) is 7.11 Å². The molecule has 1 aromatic heterocycles. The lowest BCUT2D eigenvalue weighted by atomic mass is 10.1. The van der Waals surface area contributed by atoms with Gasteiger partial charge in [0.1, 0.15) is 9.77 Å². The van der Waals surface area contributed by atoms with Gasteiger partial charge < -0.3 is 4.74 Å². The minimum absolute atomic E-state index is 0.0120. The first-order valence-corrected chi connectivity index (χ1v) is 9.42. The average Bonchev–Trinajstić information content (AvgIpc) is 3.05. The fourth-order valence-corrected chi connectivity index (χ4v) is 4.60. The number of thiophene rings is 1. The summed E-state index contributed by atoms with van der Waals surface area (Å²) >= 11 is 1.06. The van der Waals surface area contributed by atoms with Crippen LogP contribution in [0.4, 0.5) is 0 Å². The molecular formula is C16H19NO4S2. The zero-order valence-corrected chi connectivity index (χ0v) is 14.9. The van der Waals surface area contributed by atoms with Crippen molar-refractivity contribution in [2.75, 3.05) is 14.2 Å². The van der Waals surface area contributed by atoms with Crippen molar-refractivity contribution in [3.63, 3.8) is 0 Å². The largest absolute Gasteiger partial charge is 0.465 e. The van der Waals surface area contributed by atoms with Crippen LogP contribution in [0.15, 0.2) is 40.6 Å². The van der Waals surface area contributed by atoms with Gasteiger partial charge in [-0.3, -0.25) is 0 Å². The summed E-state index contributed by atoms with van der Waals surface area (Å²) in [5, 5.41) is 1.57. The SMILES string of the molecule is CCc1ccc(CN(C)S(=O)(=O)c2ccsc2C(=O)OC)cc1. The third-order valence-electron chi connectivity index (χ3n) is 3.52. The van der Waals surface area contributed by atoms with E-state index < -0.39 is 16.0 Å². The summed E-state index contributed by atoms with van der Waals surface area (Å²) < 4.78 is 31.3. The monoisotopic (exact) mass is 353 g/mol. The van der Waals surface area contributed by atoms with Crippen molar-refractivity contribution < 1.29 is 17.9 Å². The van der Waals surface area contributed by atoms with Crippen LogP contribution in [0.2, 0.25) is 0 Å². The first-order chi connectivity index (χ1) is 10.9. The molecule has 0 aliphatic heterocycles. The maximum atomic E-state index is 12.7. The second-order valence-corrected chi connectivity index (χ2v) is 7.97. The second kappa shape index (κ2) is 7.25. The number of nitrogens with zero attached hydrogens (tertiary/aromatic N) is 1. The Morgan fingerprint density at radius 3 is 2.35 bits per heavy atom. The molecule has 0 saturated carbocycles. The molecular weight excluding hydrogens is 334 g/mol. The van der Waals surface area contributed by atoms with Gasteiger partial charge in [0.25, 0.3) is 0 Å². The maximum absolute atomic E-state index is 12.7. The van der Waals surface area contributed by atoms with E-state index in [1.165, 1.54) is 30.1 Å². The number of sulfonamides is 1. The quantitative estimate of drug-likeness (QED) is 0.749. The molecule has 0 aliphatic carbocycles. The van der Waals surface area contributed by atoms with Crippen LogP contribution in [0.5, 0.6) is 0 Å². The molecule has 0 spiro atoms. The van der Waals surface area contributed by atoms with Gasteiger partial charge in [-0.05, 0) is 29.0 Å². The summed E-state index contributed by atoms with van der Waals surface area (Å²) in [5.74, 6) is -0.640. The van der Waals surface area contributed by atoms with Gasteiger partial charge in [-0.1, -0.05) is 31.2 Å². The Hall–Kier alpha value is -1.70. The predicted molar refractivity (Wildman–Crippen MR) is 90.1 cm³/mol. The van der Waals surface area contributed by atoms with Gasteiger partial charge in [-0.2, -0.15) is 4.31 Å². The topological polar surface area (TPSA) is 63.7 Å². The standard InChI is InChI=1S/C16H19NO4S2/c1-4-12-5-7-13(8-6-12)11-17(2)23(19,20)14-9-10-22-15(14)16(18)21-3/h5-10H,4,11H2,1-3H3. The minimum atomic E-state index is -3.75. The number of ether oxygens (including phenoxy) is 1. The Morgan fingerprint density at radius 1 is 1.17 bits per heavy atom. The molecule has 7 heteroatoms. The summed E-state index contributed by atoms with van der Waals surface area (Å²) in [7, 11) is -1.02. The molecule has 0 N–H and O–H groups in total. The van der Waals surface area contributed by atoms with Gasteiger partial charge in [-0.25, -0.2) is 13.2 Å². The molecule has 0 amide bonds. The molecule has 2 rings (SSSR count). The Balaban J connectivity index is 2.25. The Kier molecular flexibility index (Phi) is 5.56. The van der Waals surface area contributed by atoms with Gasteiger partial charge in [0, 0.05) is 13.6 Å². The third kappa shape index (κ3) is 3.80. The lowest BCUT2D eigenvalue weighted by molar-refractivity contribution is 0.0602. The summed E-state index contributed by atoms with van der Waals surface area (Å²) in [6, 6.07) is 9.24. The van der Waals surface area contributed by atoms with E-state index in [1.807, 2.05) is 24.3 Å². The fourth-order valence-electron chi connectivity index (χ4n) is 2.13. The first kappa shape index (κ1) is 17.7.